The van der Waals surface area contributed by atoms with Crippen molar-refractivity contribution in [3.8, 4) is 0 Å². The molecule has 0 aromatic heterocycles. The summed E-state index contributed by atoms with van der Waals surface area (Å²) in [7, 11) is 0. The van der Waals surface area contributed by atoms with Crippen LogP contribution in [0.5, 0.6) is 0 Å². The quantitative estimate of drug-likeness (QED) is 0.615. The fraction of sp³-hybridized carbons (Fsp3) is 0.385. The topological polar surface area (TPSA) is 0 Å². The summed E-state index contributed by atoms with van der Waals surface area (Å²) < 4.78 is 26.2. The highest BCUT2D eigenvalue weighted by molar-refractivity contribution is 5.34. The van der Waals surface area contributed by atoms with Crippen molar-refractivity contribution in [1.29, 1.82) is 0 Å². The summed E-state index contributed by atoms with van der Waals surface area (Å²) in [4.78, 5) is 0. The molecule has 0 amide bonds. The van der Waals surface area contributed by atoms with E-state index in [-0.39, 0.29) is 5.41 Å². The molecular weight excluding hydrogens is 194 g/mol. The van der Waals surface area contributed by atoms with Crippen LogP contribution in [0, 0.1) is 17.6 Å². The molecule has 2 atom stereocenters. The Kier molecular flexibility index (Phi) is 2.37. The van der Waals surface area contributed by atoms with Crippen LogP contribution in [0.1, 0.15) is 25.8 Å². The van der Waals surface area contributed by atoms with E-state index in [0.717, 1.165) is 18.1 Å². The van der Waals surface area contributed by atoms with Gasteiger partial charge < -0.3 is 0 Å². The summed E-state index contributed by atoms with van der Waals surface area (Å²) >= 11 is 0. The smallest absolute Gasteiger partial charge is 0.126 e. The second-order valence-corrected chi connectivity index (χ2v) is 4.48. The zero-order chi connectivity index (χ0) is 11.1. The molecule has 0 radical (unpaired) electrons. The molecule has 0 heterocycles. The van der Waals surface area contributed by atoms with Gasteiger partial charge in [-0.15, -0.1) is 0 Å². The first-order chi connectivity index (χ1) is 7.02. The van der Waals surface area contributed by atoms with E-state index in [1.54, 1.807) is 0 Å². The van der Waals surface area contributed by atoms with Crippen molar-refractivity contribution >= 4 is 0 Å². The van der Waals surface area contributed by atoms with Gasteiger partial charge in [-0.25, -0.2) is 8.78 Å². The lowest BCUT2D eigenvalue weighted by Gasteiger charge is -2.28. The summed E-state index contributed by atoms with van der Waals surface area (Å²) in [6, 6.07) is 3.76. The molecule has 2 heteroatoms. The van der Waals surface area contributed by atoms with Gasteiger partial charge in [0, 0.05) is 11.5 Å². The highest BCUT2D eigenvalue weighted by Gasteiger charge is 2.33. The number of hydrogen-bond donors (Lipinski definition) is 0. The number of halogens is 2. The van der Waals surface area contributed by atoms with E-state index in [9.17, 15) is 8.78 Å². The van der Waals surface area contributed by atoms with E-state index in [0.29, 0.717) is 5.92 Å². The molecule has 1 aliphatic rings. The van der Waals surface area contributed by atoms with Crippen LogP contribution in [0.4, 0.5) is 8.78 Å². The predicted octanol–water partition coefficient (Wildman–Crippen LogP) is 3.82. The Bertz CT molecular complexity index is 389. The van der Waals surface area contributed by atoms with Crippen molar-refractivity contribution in [2.45, 2.75) is 25.7 Å². The van der Waals surface area contributed by atoms with Gasteiger partial charge >= 0.3 is 0 Å². The average molecular weight is 208 g/mol. The molecule has 15 heavy (non-hydrogen) atoms. The number of rotatable bonds is 1. The minimum atomic E-state index is -0.501. The van der Waals surface area contributed by atoms with Crippen LogP contribution in [0.15, 0.2) is 30.4 Å². The lowest BCUT2D eigenvalue weighted by atomic mass is 9.75. The van der Waals surface area contributed by atoms with E-state index < -0.39 is 11.6 Å². The summed E-state index contributed by atoms with van der Waals surface area (Å²) in [5.74, 6) is -0.615. The standard InChI is InChI=1S/C13H14F2/c1-9-4-3-5-13(9,2)10-6-11(14)8-12(15)7-10/h3,5-9H,4H2,1-2H3/t9?,13-/m0/s1. The van der Waals surface area contributed by atoms with Gasteiger partial charge in [-0.3, -0.25) is 0 Å². The number of benzene rings is 1. The maximum absolute atomic E-state index is 13.1. The maximum atomic E-state index is 13.1. The first-order valence-electron chi connectivity index (χ1n) is 5.16. The molecule has 0 bridgehead atoms. The second kappa shape index (κ2) is 3.44. The van der Waals surface area contributed by atoms with E-state index in [1.807, 2.05) is 13.0 Å². The highest BCUT2D eigenvalue weighted by Crippen LogP contribution is 2.40. The second-order valence-electron chi connectivity index (χ2n) is 4.48. The van der Waals surface area contributed by atoms with Gasteiger partial charge in [-0.2, -0.15) is 0 Å². The largest absolute Gasteiger partial charge is 0.207 e. The first-order valence-corrected chi connectivity index (χ1v) is 5.16. The molecule has 0 aliphatic heterocycles. The van der Waals surface area contributed by atoms with Crippen molar-refractivity contribution in [2.75, 3.05) is 0 Å². The van der Waals surface area contributed by atoms with Gasteiger partial charge in [-0.1, -0.05) is 26.0 Å². The lowest BCUT2D eigenvalue weighted by Crippen LogP contribution is -2.24. The molecule has 1 aromatic rings. The van der Waals surface area contributed by atoms with Gasteiger partial charge in [0.1, 0.15) is 11.6 Å². The molecule has 0 fully saturated rings. The van der Waals surface area contributed by atoms with Gasteiger partial charge in [0.15, 0.2) is 0 Å². The van der Waals surface area contributed by atoms with E-state index in [2.05, 4.69) is 13.0 Å². The summed E-state index contributed by atoms with van der Waals surface area (Å²) in [6.45, 7) is 4.12. The summed E-state index contributed by atoms with van der Waals surface area (Å²) in [5.41, 5.74) is 0.490. The monoisotopic (exact) mass is 208 g/mol. The third kappa shape index (κ3) is 1.69. The molecule has 1 aromatic carbocycles. The van der Waals surface area contributed by atoms with Crippen LogP contribution < -0.4 is 0 Å². The van der Waals surface area contributed by atoms with Crippen molar-refractivity contribution < 1.29 is 8.78 Å². The maximum Gasteiger partial charge on any atom is 0.126 e. The van der Waals surface area contributed by atoms with Crippen LogP contribution in [0.3, 0.4) is 0 Å². The van der Waals surface area contributed by atoms with E-state index >= 15 is 0 Å². The minimum absolute atomic E-state index is 0.233. The van der Waals surface area contributed by atoms with Crippen molar-refractivity contribution in [1.82, 2.24) is 0 Å². The minimum Gasteiger partial charge on any atom is -0.207 e. The molecule has 0 saturated carbocycles. The molecule has 0 N–H and O–H groups in total. The Morgan fingerprint density at radius 3 is 2.27 bits per heavy atom. The molecule has 1 unspecified atom stereocenters. The third-order valence-corrected chi connectivity index (χ3v) is 3.46. The van der Waals surface area contributed by atoms with Gasteiger partial charge in [0.25, 0.3) is 0 Å². The van der Waals surface area contributed by atoms with Crippen LogP contribution in [-0.2, 0) is 5.41 Å². The third-order valence-electron chi connectivity index (χ3n) is 3.46. The fourth-order valence-electron chi connectivity index (χ4n) is 2.17. The van der Waals surface area contributed by atoms with Crippen molar-refractivity contribution in [3.05, 3.63) is 47.5 Å². The van der Waals surface area contributed by atoms with Crippen LogP contribution >= 0.6 is 0 Å². The van der Waals surface area contributed by atoms with Crippen molar-refractivity contribution in [3.63, 3.8) is 0 Å². The molecule has 80 valence electrons. The van der Waals surface area contributed by atoms with Gasteiger partial charge in [-0.05, 0) is 30.0 Å². The van der Waals surface area contributed by atoms with Crippen LogP contribution in [0.25, 0.3) is 0 Å². The molecule has 2 rings (SSSR count). The van der Waals surface area contributed by atoms with E-state index in [4.69, 9.17) is 0 Å². The van der Waals surface area contributed by atoms with Crippen LogP contribution in [0.2, 0.25) is 0 Å². The molecule has 0 nitrogen and oxygen atoms in total. The zero-order valence-electron chi connectivity index (χ0n) is 8.93. The Balaban J connectivity index is 2.49. The Hall–Kier alpha value is -1.18. The summed E-state index contributed by atoms with van der Waals surface area (Å²) in [5, 5.41) is 0. The Morgan fingerprint density at radius 2 is 1.80 bits per heavy atom. The highest BCUT2D eigenvalue weighted by atomic mass is 19.1. The predicted molar refractivity (Wildman–Crippen MR) is 56.6 cm³/mol. The lowest BCUT2D eigenvalue weighted by molar-refractivity contribution is 0.414. The number of allylic oxidation sites excluding steroid dienone is 2. The van der Waals surface area contributed by atoms with Crippen LogP contribution in [-0.4, -0.2) is 0 Å². The molecule has 1 aliphatic carbocycles. The molecule has 0 saturated heterocycles. The average Bonchev–Trinajstić information content (AvgIpc) is 2.47. The molecule has 0 spiro atoms. The van der Waals surface area contributed by atoms with E-state index in [1.165, 1.54) is 12.1 Å². The van der Waals surface area contributed by atoms with Crippen molar-refractivity contribution in [2.24, 2.45) is 5.92 Å². The van der Waals surface area contributed by atoms with Gasteiger partial charge in [0.2, 0.25) is 0 Å². The SMILES string of the molecule is CC1CC=C[C@]1(C)c1cc(F)cc(F)c1. The Morgan fingerprint density at radius 1 is 1.20 bits per heavy atom. The summed E-state index contributed by atoms with van der Waals surface area (Å²) in [6.07, 6.45) is 5.09. The molecular formula is C13H14F2. The van der Waals surface area contributed by atoms with Gasteiger partial charge in [0.05, 0.1) is 0 Å². The zero-order valence-corrected chi connectivity index (χ0v) is 8.93. The normalized spacial score (nSPS) is 29.7. The fourth-order valence-corrected chi connectivity index (χ4v) is 2.17. The number of hydrogen-bond acceptors (Lipinski definition) is 0. The Labute approximate surface area is 88.6 Å². The first kappa shape index (κ1) is 10.3.